The first kappa shape index (κ1) is 20.2. The van der Waals surface area contributed by atoms with E-state index in [-0.39, 0.29) is 18.4 Å². The third kappa shape index (κ3) is 4.71. The Morgan fingerprint density at radius 1 is 1.03 bits per heavy atom. The van der Waals surface area contributed by atoms with Gasteiger partial charge in [-0.05, 0) is 49.2 Å². The van der Waals surface area contributed by atoms with Gasteiger partial charge in [-0.15, -0.1) is 11.8 Å². The number of benzene rings is 2. The van der Waals surface area contributed by atoms with Crippen LogP contribution in [0.5, 0.6) is 0 Å². The molecule has 0 atom stereocenters. The molecule has 0 spiro atoms. The summed E-state index contributed by atoms with van der Waals surface area (Å²) in [5.41, 5.74) is 1.51. The molecule has 1 aliphatic carbocycles. The second kappa shape index (κ2) is 9.13. The highest BCUT2D eigenvalue weighted by molar-refractivity contribution is 8.01. The van der Waals surface area contributed by atoms with Crippen molar-refractivity contribution in [2.75, 3.05) is 11.9 Å². The van der Waals surface area contributed by atoms with Crippen LogP contribution in [0.15, 0.2) is 72.1 Å². The number of rotatable bonds is 7. The average Bonchev–Trinajstić information content (AvgIpc) is 3.46. The average molecular weight is 422 g/mol. The predicted molar refractivity (Wildman–Crippen MR) is 116 cm³/mol. The predicted octanol–water partition coefficient (Wildman–Crippen LogP) is 3.43. The van der Waals surface area contributed by atoms with Crippen LogP contribution < -0.4 is 10.6 Å². The number of hydrogen-bond donors (Lipinski definition) is 2. The summed E-state index contributed by atoms with van der Waals surface area (Å²) in [6.07, 6.45) is 6.77. The first-order valence-corrected chi connectivity index (χ1v) is 10.7. The number of aromatic nitrogens is 3. The van der Waals surface area contributed by atoms with Gasteiger partial charge in [-0.3, -0.25) is 9.59 Å². The molecule has 2 amide bonds. The van der Waals surface area contributed by atoms with Crippen molar-refractivity contribution in [1.82, 2.24) is 20.1 Å². The molecule has 0 aliphatic heterocycles. The highest BCUT2D eigenvalue weighted by Gasteiger charge is 2.42. The third-order valence-corrected chi connectivity index (χ3v) is 6.62. The van der Waals surface area contributed by atoms with Crippen molar-refractivity contribution in [3.8, 4) is 5.69 Å². The molecule has 7 nitrogen and oxygen atoms in total. The summed E-state index contributed by atoms with van der Waals surface area (Å²) >= 11 is 1.61. The van der Waals surface area contributed by atoms with E-state index in [0.29, 0.717) is 5.69 Å². The largest absolute Gasteiger partial charge is 0.346 e. The van der Waals surface area contributed by atoms with E-state index in [0.717, 1.165) is 36.3 Å². The molecule has 1 aromatic heterocycles. The minimum Gasteiger partial charge on any atom is -0.346 e. The molecular weight excluding hydrogens is 398 g/mol. The van der Waals surface area contributed by atoms with Gasteiger partial charge < -0.3 is 10.6 Å². The molecule has 0 bridgehead atoms. The monoisotopic (exact) mass is 421 g/mol. The second-order valence-electron chi connectivity index (χ2n) is 7.23. The van der Waals surface area contributed by atoms with Gasteiger partial charge in [-0.1, -0.05) is 31.0 Å². The van der Waals surface area contributed by atoms with Crippen LogP contribution in [0.25, 0.3) is 5.69 Å². The number of nitrogens with one attached hydrogen (secondary N) is 2. The molecule has 1 heterocycles. The van der Waals surface area contributed by atoms with Crippen LogP contribution in [-0.4, -0.2) is 37.9 Å². The van der Waals surface area contributed by atoms with Gasteiger partial charge in [0.15, 0.2) is 0 Å². The summed E-state index contributed by atoms with van der Waals surface area (Å²) < 4.78 is 1.14. The zero-order valence-electron chi connectivity index (χ0n) is 16.5. The van der Waals surface area contributed by atoms with Crippen LogP contribution in [0.3, 0.4) is 0 Å². The van der Waals surface area contributed by atoms with Crippen LogP contribution in [-0.2, 0) is 9.59 Å². The summed E-state index contributed by atoms with van der Waals surface area (Å²) in [5, 5.41) is 9.73. The fourth-order valence-electron chi connectivity index (χ4n) is 3.60. The Morgan fingerprint density at radius 2 is 1.77 bits per heavy atom. The number of nitrogens with zero attached hydrogens (tertiary/aromatic N) is 3. The first-order valence-electron chi connectivity index (χ1n) is 9.92. The van der Waals surface area contributed by atoms with Crippen LogP contribution in [0, 0.1) is 0 Å². The second-order valence-corrected chi connectivity index (χ2v) is 8.69. The molecule has 0 unspecified atom stereocenters. The molecule has 3 aromatic rings. The zero-order chi connectivity index (χ0) is 20.8. The van der Waals surface area contributed by atoms with Crippen molar-refractivity contribution >= 4 is 29.3 Å². The lowest BCUT2D eigenvalue weighted by Gasteiger charge is -2.27. The van der Waals surface area contributed by atoms with Crippen molar-refractivity contribution in [3.63, 3.8) is 0 Å². The highest BCUT2D eigenvalue weighted by Crippen LogP contribution is 2.45. The van der Waals surface area contributed by atoms with Crippen LogP contribution >= 0.6 is 11.8 Å². The number of anilines is 1. The fraction of sp³-hybridized carbons (Fsp3) is 0.273. The Kier molecular flexibility index (Phi) is 6.13. The van der Waals surface area contributed by atoms with Crippen molar-refractivity contribution in [2.45, 2.75) is 35.3 Å². The molecule has 1 saturated carbocycles. The Labute approximate surface area is 179 Å². The Balaban J connectivity index is 1.33. The lowest BCUT2D eigenvalue weighted by Crippen LogP contribution is -2.45. The summed E-state index contributed by atoms with van der Waals surface area (Å²) in [5.74, 6) is -0.319. The van der Waals surface area contributed by atoms with E-state index in [9.17, 15) is 9.59 Å². The summed E-state index contributed by atoms with van der Waals surface area (Å²) in [6.45, 7) is -0.0548. The first-order chi connectivity index (χ1) is 14.6. The van der Waals surface area contributed by atoms with Crippen molar-refractivity contribution < 1.29 is 9.59 Å². The van der Waals surface area contributed by atoms with E-state index in [1.54, 1.807) is 34.9 Å². The lowest BCUT2D eigenvalue weighted by atomic mass is 10.1. The Hall–Kier alpha value is -3.13. The number of thioether (sulfide) groups is 1. The zero-order valence-corrected chi connectivity index (χ0v) is 17.3. The van der Waals surface area contributed by atoms with Gasteiger partial charge in [-0.2, -0.15) is 5.10 Å². The number of hydrogen-bond acceptors (Lipinski definition) is 5. The maximum absolute atomic E-state index is 13.0. The van der Waals surface area contributed by atoms with E-state index >= 15 is 0 Å². The smallest absolute Gasteiger partial charge is 0.243 e. The quantitative estimate of drug-likeness (QED) is 0.610. The summed E-state index contributed by atoms with van der Waals surface area (Å²) in [7, 11) is 0. The van der Waals surface area contributed by atoms with Gasteiger partial charge >= 0.3 is 0 Å². The number of carbonyl (C=O) groups excluding carboxylic acids is 2. The van der Waals surface area contributed by atoms with E-state index in [4.69, 9.17) is 0 Å². The lowest BCUT2D eigenvalue weighted by molar-refractivity contribution is -0.125. The van der Waals surface area contributed by atoms with Gasteiger partial charge in [-0.25, -0.2) is 9.67 Å². The molecule has 4 rings (SSSR count). The van der Waals surface area contributed by atoms with Crippen molar-refractivity contribution in [3.05, 3.63) is 67.3 Å². The Bertz CT molecular complexity index is 984. The van der Waals surface area contributed by atoms with Gasteiger partial charge in [0.2, 0.25) is 11.8 Å². The van der Waals surface area contributed by atoms with E-state index in [1.807, 2.05) is 42.5 Å². The maximum Gasteiger partial charge on any atom is 0.243 e. The van der Waals surface area contributed by atoms with Crippen molar-refractivity contribution in [1.29, 1.82) is 0 Å². The van der Waals surface area contributed by atoms with Crippen LogP contribution in [0.1, 0.15) is 25.7 Å². The molecular formula is C22H23N5O2S. The fourth-order valence-corrected chi connectivity index (χ4v) is 5.00. The molecule has 154 valence electrons. The molecule has 2 aromatic carbocycles. The highest BCUT2D eigenvalue weighted by atomic mass is 32.2. The van der Waals surface area contributed by atoms with Gasteiger partial charge in [0.05, 0.1) is 17.0 Å². The molecule has 0 saturated heterocycles. The topological polar surface area (TPSA) is 88.9 Å². The van der Waals surface area contributed by atoms with Gasteiger partial charge in [0.1, 0.15) is 12.7 Å². The molecule has 8 heteroatoms. The van der Waals surface area contributed by atoms with Crippen LogP contribution in [0.4, 0.5) is 5.69 Å². The van der Waals surface area contributed by atoms with Gasteiger partial charge in [0, 0.05) is 10.6 Å². The SMILES string of the molecule is O=C(CNC(=O)C1(Sc2ccccc2)CCCC1)Nc1ccc(-n2cncn2)cc1. The number of amides is 2. The molecule has 1 aliphatic rings. The maximum atomic E-state index is 13.0. The molecule has 0 radical (unpaired) electrons. The molecule has 30 heavy (non-hydrogen) atoms. The molecule has 2 N–H and O–H groups in total. The normalized spacial score (nSPS) is 14.9. The minimum atomic E-state index is -0.499. The Morgan fingerprint density at radius 3 is 2.43 bits per heavy atom. The van der Waals surface area contributed by atoms with E-state index < -0.39 is 4.75 Å². The minimum absolute atomic E-state index is 0.0548. The standard InChI is InChI=1S/C22H23N5O2S/c28-20(26-17-8-10-18(11-9-17)27-16-23-15-25-27)14-24-21(29)22(12-4-5-13-22)30-19-6-2-1-3-7-19/h1-3,6-11,15-16H,4-5,12-14H2,(H,24,29)(H,26,28). The summed E-state index contributed by atoms with van der Waals surface area (Å²) in [6, 6.07) is 17.2. The van der Waals surface area contributed by atoms with E-state index in [2.05, 4.69) is 20.7 Å². The molecule has 1 fully saturated rings. The van der Waals surface area contributed by atoms with Crippen LogP contribution in [0.2, 0.25) is 0 Å². The van der Waals surface area contributed by atoms with Gasteiger partial charge in [0.25, 0.3) is 0 Å². The number of carbonyl (C=O) groups is 2. The third-order valence-electron chi connectivity index (χ3n) is 5.13. The van der Waals surface area contributed by atoms with E-state index in [1.165, 1.54) is 6.33 Å². The van der Waals surface area contributed by atoms with Crippen molar-refractivity contribution in [2.24, 2.45) is 0 Å². The summed E-state index contributed by atoms with van der Waals surface area (Å²) in [4.78, 5) is 30.3.